The van der Waals surface area contributed by atoms with Gasteiger partial charge in [0.1, 0.15) is 5.82 Å². The Labute approximate surface area is 180 Å². The number of carbonyl (C=O) groups excluding carboxylic acids is 1. The Morgan fingerprint density at radius 1 is 1.19 bits per heavy atom. The highest BCUT2D eigenvalue weighted by Gasteiger charge is 2.58. The van der Waals surface area contributed by atoms with Crippen molar-refractivity contribution in [1.82, 2.24) is 0 Å². The summed E-state index contributed by atoms with van der Waals surface area (Å²) >= 11 is 5.50. The number of thiocarbonyl (C=S) groups is 1. The molecule has 2 saturated heterocycles. The quantitative estimate of drug-likeness (QED) is 0.367. The van der Waals surface area contributed by atoms with E-state index in [1.807, 2.05) is 0 Å². The number of alkyl halides is 3. The van der Waals surface area contributed by atoms with Crippen molar-refractivity contribution in [2.45, 2.75) is 25.1 Å². The van der Waals surface area contributed by atoms with Gasteiger partial charge in [0.15, 0.2) is 16.3 Å². The highest BCUT2D eigenvalue weighted by molar-refractivity contribution is 7.81. The molecule has 2 aromatic carbocycles. The molecular weight excluding hydrogens is 434 g/mol. The zero-order chi connectivity index (χ0) is 22.6. The van der Waals surface area contributed by atoms with E-state index < -0.39 is 34.7 Å². The van der Waals surface area contributed by atoms with Crippen molar-refractivity contribution in [2.24, 2.45) is 0 Å². The SMILES string of the molecule is [C-]#[N+]c1ccc(N2C(=O)[C@]3(CCOC3)N(c3ccc(C)c(F)c3)C2=S)cc1C(F)(F)F. The highest BCUT2D eigenvalue weighted by Crippen LogP contribution is 2.44. The summed E-state index contributed by atoms with van der Waals surface area (Å²) < 4.78 is 60.1. The van der Waals surface area contributed by atoms with Crippen LogP contribution in [0, 0.1) is 19.3 Å². The van der Waals surface area contributed by atoms with Crippen molar-refractivity contribution in [3.63, 3.8) is 0 Å². The first-order valence-corrected chi connectivity index (χ1v) is 9.62. The number of anilines is 2. The number of amides is 1. The van der Waals surface area contributed by atoms with Gasteiger partial charge in [0.25, 0.3) is 5.91 Å². The molecule has 4 rings (SSSR count). The maximum Gasteiger partial charge on any atom is 0.407 e. The van der Waals surface area contributed by atoms with E-state index in [2.05, 4.69) is 4.85 Å². The Bertz CT molecular complexity index is 1140. The normalized spacial score (nSPS) is 21.3. The fourth-order valence-corrected chi connectivity index (χ4v) is 4.34. The molecule has 0 N–H and O–H groups in total. The highest BCUT2D eigenvalue weighted by atomic mass is 32.1. The van der Waals surface area contributed by atoms with E-state index in [0.717, 1.165) is 17.0 Å². The van der Waals surface area contributed by atoms with Crippen molar-refractivity contribution < 1.29 is 27.1 Å². The van der Waals surface area contributed by atoms with Crippen LogP contribution in [0.25, 0.3) is 4.85 Å². The van der Waals surface area contributed by atoms with Crippen LogP contribution in [0.3, 0.4) is 0 Å². The second kappa shape index (κ2) is 7.28. The van der Waals surface area contributed by atoms with Gasteiger partial charge in [-0.25, -0.2) is 9.24 Å². The molecule has 0 aliphatic carbocycles. The summed E-state index contributed by atoms with van der Waals surface area (Å²) in [6.45, 7) is 8.79. The van der Waals surface area contributed by atoms with Gasteiger partial charge in [0.2, 0.25) is 0 Å². The molecule has 2 aliphatic rings. The van der Waals surface area contributed by atoms with Gasteiger partial charge in [-0.1, -0.05) is 12.1 Å². The first-order chi connectivity index (χ1) is 14.6. The number of hydrogen-bond donors (Lipinski definition) is 0. The first kappa shape index (κ1) is 21.2. The van der Waals surface area contributed by atoms with Crippen molar-refractivity contribution >= 4 is 40.3 Å². The van der Waals surface area contributed by atoms with Gasteiger partial charge in [0.05, 0.1) is 18.7 Å². The molecule has 1 amide bonds. The van der Waals surface area contributed by atoms with E-state index in [9.17, 15) is 22.4 Å². The van der Waals surface area contributed by atoms with Crippen LogP contribution in [0.5, 0.6) is 0 Å². The molecule has 31 heavy (non-hydrogen) atoms. The van der Waals surface area contributed by atoms with Crippen LogP contribution in [-0.4, -0.2) is 29.8 Å². The average Bonchev–Trinajstić information content (AvgIpc) is 3.28. The van der Waals surface area contributed by atoms with E-state index in [1.165, 1.54) is 23.1 Å². The number of aryl methyl sites for hydroxylation is 1. The number of rotatable bonds is 2. The molecule has 5 nitrogen and oxygen atoms in total. The summed E-state index contributed by atoms with van der Waals surface area (Å²) in [7, 11) is 0. The average molecular weight is 449 g/mol. The minimum Gasteiger partial charge on any atom is -0.378 e. The van der Waals surface area contributed by atoms with Crippen LogP contribution in [0.2, 0.25) is 0 Å². The van der Waals surface area contributed by atoms with Crippen LogP contribution in [0.4, 0.5) is 34.6 Å². The van der Waals surface area contributed by atoms with Crippen LogP contribution >= 0.6 is 12.2 Å². The van der Waals surface area contributed by atoms with Crippen LogP contribution in [0.15, 0.2) is 36.4 Å². The van der Waals surface area contributed by atoms with E-state index in [4.69, 9.17) is 23.5 Å². The molecule has 2 aliphatic heterocycles. The Morgan fingerprint density at radius 2 is 1.90 bits per heavy atom. The predicted octanol–water partition coefficient (Wildman–Crippen LogP) is 5.00. The number of carbonyl (C=O) groups is 1. The molecule has 1 atom stereocenters. The Hall–Kier alpha value is -3.03. The van der Waals surface area contributed by atoms with Gasteiger partial charge in [-0.05, 0) is 49.0 Å². The lowest BCUT2D eigenvalue weighted by molar-refractivity contribution is -0.136. The van der Waals surface area contributed by atoms with Gasteiger partial charge < -0.3 is 9.64 Å². The van der Waals surface area contributed by atoms with E-state index in [0.29, 0.717) is 11.3 Å². The van der Waals surface area contributed by atoms with Crippen molar-refractivity contribution in [2.75, 3.05) is 23.0 Å². The molecule has 0 radical (unpaired) electrons. The molecule has 2 heterocycles. The van der Waals surface area contributed by atoms with Crippen LogP contribution in [-0.2, 0) is 15.7 Å². The standard InChI is InChI=1S/C21H15F4N3O2S/c1-12-3-4-14(10-16(12)22)28-19(31)27(18(29)20(28)7-8-30-11-20)13-5-6-17(26-2)15(9-13)21(23,24)25/h3-6,9-10H,7-8,11H2,1H3/t20-/m1/s1. The van der Waals surface area contributed by atoms with Crippen molar-refractivity contribution in [3.8, 4) is 0 Å². The minimum absolute atomic E-state index is 0.0375. The fourth-order valence-electron chi connectivity index (χ4n) is 3.87. The Morgan fingerprint density at radius 3 is 2.48 bits per heavy atom. The fraction of sp³-hybridized carbons (Fsp3) is 0.286. The monoisotopic (exact) mass is 449 g/mol. The molecule has 160 valence electrons. The molecule has 0 aromatic heterocycles. The molecular formula is C21H15F4N3O2S. The number of benzene rings is 2. The lowest BCUT2D eigenvalue weighted by Crippen LogP contribution is -2.50. The van der Waals surface area contributed by atoms with Gasteiger partial charge in [-0.15, -0.1) is 0 Å². The molecule has 10 heteroatoms. The zero-order valence-electron chi connectivity index (χ0n) is 16.2. The molecule has 2 aromatic rings. The van der Waals surface area contributed by atoms with E-state index >= 15 is 0 Å². The van der Waals surface area contributed by atoms with E-state index in [-0.39, 0.29) is 30.4 Å². The van der Waals surface area contributed by atoms with Gasteiger partial charge in [0, 0.05) is 24.4 Å². The van der Waals surface area contributed by atoms with Gasteiger partial charge in [-0.2, -0.15) is 13.2 Å². The summed E-state index contributed by atoms with van der Waals surface area (Å²) in [5, 5.41) is -0.0811. The molecule has 0 saturated carbocycles. The molecule has 1 spiro atoms. The van der Waals surface area contributed by atoms with Crippen molar-refractivity contribution in [1.29, 1.82) is 0 Å². The van der Waals surface area contributed by atoms with Crippen LogP contribution < -0.4 is 9.80 Å². The second-order valence-corrected chi connectivity index (χ2v) is 7.70. The molecule has 0 unspecified atom stereocenters. The Kier molecular flexibility index (Phi) is 4.98. The zero-order valence-corrected chi connectivity index (χ0v) is 17.0. The third kappa shape index (κ3) is 3.25. The second-order valence-electron chi connectivity index (χ2n) is 7.34. The van der Waals surface area contributed by atoms with E-state index in [1.54, 1.807) is 13.0 Å². The predicted molar refractivity (Wildman–Crippen MR) is 110 cm³/mol. The topological polar surface area (TPSA) is 37.1 Å². The van der Waals surface area contributed by atoms with Gasteiger partial charge >= 0.3 is 6.18 Å². The lowest BCUT2D eigenvalue weighted by Gasteiger charge is -2.31. The maximum atomic E-state index is 14.3. The third-order valence-corrected chi connectivity index (χ3v) is 5.86. The number of halogens is 4. The van der Waals surface area contributed by atoms with Crippen molar-refractivity contribution in [3.05, 3.63) is 64.8 Å². The lowest BCUT2D eigenvalue weighted by atomic mass is 9.95. The summed E-state index contributed by atoms with van der Waals surface area (Å²) in [4.78, 5) is 18.8. The minimum atomic E-state index is -4.78. The summed E-state index contributed by atoms with van der Waals surface area (Å²) in [6, 6.07) is 7.37. The summed E-state index contributed by atoms with van der Waals surface area (Å²) in [6.07, 6.45) is -4.54. The summed E-state index contributed by atoms with van der Waals surface area (Å²) in [5.74, 6) is -1.05. The van der Waals surface area contributed by atoms with Crippen LogP contribution in [0.1, 0.15) is 17.5 Å². The first-order valence-electron chi connectivity index (χ1n) is 9.21. The third-order valence-electron chi connectivity index (χ3n) is 5.49. The number of hydrogen-bond acceptors (Lipinski definition) is 3. The molecule has 2 fully saturated rings. The number of nitrogens with zero attached hydrogens (tertiary/aromatic N) is 3. The Balaban J connectivity index is 1.86. The maximum absolute atomic E-state index is 14.3. The largest absolute Gasteiger partial charge is 0.407 e. The smallest absolute Gasteiger partial charge is 0.378 e. The number of ether oxygens (including phenoxy) is 1. The summed E-state index contributed by atoms with van der Waals surface area (Å²) in [5.41, 5.74) is -2.43. The molecule has 0 bridgehead atoms. The van der Waals surface area contributed by atoms with Gasteiger partial charge in [-0.3, -0.25) is 9.69 Å².